The van der Waals surface area contributed by atoms with E-state index in [4.69, 9.17) is 10.2 Å². The predicted molar refractivity (Wildman–Crippen MR) is 126 cm³/mol. The Morgan fingerprint density at radius 1 is 1.03 bits per heavy atom. The summed E-state index contributed by atoms with van der Waals surface area (Å²) in [5.41, 5.74) is 2.62. The summed E-state index contributed by atoms with van der Waals surface area (Å²) in [6.07, 6.45) is 4.45. The van der Waals surface area contributed by atoms with Crippen molar-refractivity contribution in [3.05, 3.63) is 82.4 Å². The molecule has 9 nitrogen and oxygen atoms in total. The summed E-state index contributed by atoms with van der Waals surface area (Å²) in [4.78, 5) is 34.3. The largest absolute Gasteiger partial charge is 0.478 e. The van der Waals surface area contributed by atoms with Gasteiger partial charge < -0.3 is 20.0 Å². The van der Waals surface area contributed by atoms with E-state index in [1.165, 1.54) is 5.56 Å². The maximum Gasteiger partial charge on any atom is 0.328 e. The number of nitro groups is 1. The number of non-ortho nitro benzene ring substituents is 1. The highest BCUT2D eigenvalue weighted by Gasteiger charge is 2.22. The summed E-state index contributed by atoms with van der Waals surface area (Å²) in [6.45, 7) is 3.07. The summed E-state index contributed by atoms with van der Waals surface area (Å²) < 4.78 is 0. The molecule has 0 aliphatic carbocycles. The van der Waals surface area contributed by atoms with Gasteiger partial charge in [-0.2, -0.15) is 0 Å². The second-order valence-corrected chi connectivity index (χ2v) is 7.72. The second-order valence-electron chi connectivity index (χ2n) is 7.72. The number of carboxylic acid groups (broad SMARTS) is 2. The summed E-state index contributed by atoms with van der Waals surface area (Å²) in [7, 11) is 2.22. The Morgan fingerprint density at radius 3 is 2.06 bits per heavy atom. The maximum atomic E-state index is 10.8. The molecule has 0 atom stereocenters. The summed E-state index contributed by atoms with van der Waals surface area (Å²) >= 11 is 0. The van der Waals surface area contributed by atoms with E-state index >= 15 is 0 Å². The van der Waals surface area contributed by atoms with Gasteiger partial charge in [-0.15, -0.1) is 0 Å². The standard InChI is InChI=1S/C20H25N3O2.C4H4O4/c1-21(14-11-17-5-3-2-4-6-17)18-12-15-22(16-13-18)19-7-9-20(10-8-19)23(24)25;5-3(6)1-2-4(7)8/h2-10,18H,11-16H2,1H3;1-2H,(H,5,6)(H,7,8)/b;2-1+. The maximum absolute atomic E-state index is 10.8. The van der Waals surface area contributed by atoms with E-state index in [-0.39, 0.29) is 10.6 Å². The lowest BCUT2D eigenvalue weighted by Gasteiger charge is -2.38. The van der Waals surface area contributed by atoms with Crippen LogP contribution in [0.4, 0.5) is 11.4 Å². The summed E-state index contributed by atoms with van der Waals surface area (Å²) in [6, 6.07) is 18.1. The minimum atomic E-state index is -1.26. The number of nitro benzene ring substituents is 1. The van der Waals surface area contributed by atoms with Gasteiger partial charge in [-0.25, -0.2) is 9.59 Å². The van der Waals surface area contributed by atoms with Crippen LogP contribution in [0.1, 0.15) is 18.4 Å². The van der Waals surface area contributed by atoms with Crippen molar-refractivity contribution in [2.24, 2.45) is 0 Å². The van der Waals surface area contributed by atoms with Gasteiger partial charge in [0.2, 0.25) is 0 Å². The molecule has 1 saturated heterocycles. The smallest absolute Gasteiger partial charge is 0.328 e. The van der Waals surface area contributed by atoms with E-state index in [1.807, 2.05) is 12.1 Å². The van der Waals surface area contributed by atoms with Gasteiger partial charge in [-0.1, -0.05) is 30.3 Å². The molecule has 2 N–H and O–H groups in total. The molecule has 3 rings (SSSR count). The number of likely N-dealkylation sites (N-methyl/N-ethyl adjacent to an activating group) is 1. The zero-order valence-corrected chi connectivity index (χ0v) is 18.5. The fraction of sp³-hybridized carbons (Fsp3) is 0.333. The highest BCUT2D eigenvalue weighted by atomic mass is 16.6. The first-order valence-corrected chi connectivity index (χ1v) is 10.6. The summed E-state index contributed by atoms with van der Waals surface area (Å²) in [5, 5.41) is 26.4. The van der Waals surface area contributed by atoms with Gasteiger partial charge in [0.1, 0.15) is 0 Å². The number of aliphatic carboxylic acids is 2. The monoisotopic (exact) mass is 455 g/mol. The lowest BCUT2D eigenvalue weighted by molar-refractivity contribution is -0.384. The molecule has 0 bridgehead atoms. The van der Waals surface area contributed by atoms with Gasteiger partial charge in [0.05, 0.1) is 4.92 Å². The fourth-order valence-corrected chi connectivity index (χ4v) is 3.63. The van der Waals surface area contributed by atoms with E-state index in [9.17, 15) is 19.7 Å². The molecule has 0 saturated carbocycles. The quantitative estimate of drug-likeness (QED) is 0.352. The zero-order valence-electron chi connectivity index (χ0n) is 18.5. The van der Waals surface area contributed by atoms with E-state index in [0.717, 1.165) is 44.6 Å². The van der Waals surface area contributed by atoms with Crippen LogP contribution in [0.25, 0.3) is 0 Å². The third kappa shape index (κ3) is 9.12. The molecular weight excluding hydrogens is 426 g/mol. The molecule has 1 aliphatic heterocycles. The van der Waals surface area contributed by atoms with Crippen LogP contribution in [0.15, 0.2) is 66.7 Å². The lowest BCUT2D eigenvalue weighted by atomic mass is 10.0. The van der Waals surface area contributed by atoms with Crippen LogP contribution in [0.3, 0.4) is 0 Å². The zero-order chi connectivity index (χ0) is 24.2. The molecule has 0 unspecified atom stereocenters. The lowest BCUT2D eigenvalue weighted by Crippen LogP contribution is -2.44. The molecule has 2 aromatic carbocycles. The number of rotatable bonds is 8. The summed E-state index contributed by atoms with van der Waals surface area (Å²) in [5.74, 6) is -2.51. The first-order chi connectivity index (χ1) is 15.8. The third-order valence-corrected chi connectivity index (χ3v) is 5.48. The number of hydrogen-bond acceptors (Lipinski definition) is 6. The molecule has 1 fully saturated rings. The van der Waals surface area contributed by atoms with Crippen LogP contribution in [0.2, 0.25) is 0 Å². The van der Waals surface area contributed by atoms with Gasteiger partial charge in [0.15, 0.2) is 0 Å². The van der Waals surface area contributed by atoms with E-state index in [1.54, 1.807) is 12.1 Å². The molecular formula is C24H29N3O6. The predicted octanol–water partition coefficient (Wildman–Crippen LogP) is 3.45. The highest BCUT2D eigenvalue weighted by Crippen LogP contribution is 2.24. The Bertz CT molecular complexity index is 922. The molecule has 2 aromatic rings. The van der Waals surface area contributed by atoms with Crippen molar-refractivity contribution in [3.63, 3.8) is 0 Å². The molecule has 33 heavy (non-hydrogen) atoms. The molecule has 0 radical (unpaired) electrons. The number of piperidine rings is 1. The van der Waals surface area contributed by atoms with Crippen molar-refractivity contribution in [2.75, 3.05) is 31.6 Å². The minimum Gasteiger partial charge on any atom is -0.478 e. The van der Waals surface area contributed by atoms with Crippen LogP contribution < -0.4 is 4.90 Å². The van der Waals surface area contributed by atoms with Gasteiger partial charge in [0, 0.05) is 55.6 Å². The Kier molecular flexibility index (Phi) is 10.0. The van der Waals surface area contributed by atoms with E-state index in [0.29, 0.717) is 18.2 Å². The molecule has 176 valence electrons. The Hall–Kier alpha value is -3.72. The average Bonchev–Trinajstić information content (AvgIpc) is 2.82. The van der Waals surface area contributed by atoms with Crippen LogP contribution in [-0.4, -0.2) is 64.7 Å². The third-order valence-electron chi connectivity index (χ3n) is 5.48. The average molecular weight is 456 g/mol. The fourth-order valence-electron chi connectivity index (χ4n) is 3.63. The Morgan fingerprint density at radius 2 is 1.58 bits per heavy atom. The first kappa shape index (κ1) is 25.5. The normalized spacial score (nSPS) is 14.1. The number of hydrogen-bond donors (Lipinski definition) is 2. The number of carbonyl (C=O) groups is 2. The van der Waals surface area contributed by atoms with Crippen molar-refractivity contribution in [1.29, 1.82) is 0 Å². The van der Waals surface area contributed by atoms with Crippen LogP contribution in [0, 0.1) is 10.1 Å². The van der Waals surface area contributed by atoms with Gasteiger partial charge in [0.25, 0.3) is 5.69 Å². The molecule has 9 heteroatoms. The SMILES string of the molecule is CN(CCc1ccccc1)C1CCN(c2ccc([N+](=O)[O-])cc2)CC1.O=C(O)/C=C/C(=O)O. The van der Waals surface area contributed by atoms with Gasteiger partial charge in [-0.3, -0.25) is 10.1 Å². The molecule has 1 heterocycles. The van der Waals surface area contributed by atoms with Crippen LogP contribution >= 0.6 is 0 Å². The molecule has 0 spiro atoms. The van der Waals surface area contributed by atoms with Crippen molar-refractivity contribution < 1.29 is 24.7 Å². The molecule has 1 aliphatic rings. The van der Waals surface area contributed by atoms with Crippen molar-refractivity contribution >= 4 is 23.3 Å². The minimum absolute atomic E-state index is 0.152. The topological polar surface area (TPSA) is 124 Å². The number of carboxylic acids is 2. The van der Waals surface area contributed by atoms with E-state index < -0.39 is 11.9 Å². The van der Waals surface area contributed by atoms with Gasteiger partial charge >= 0.3 is 11.9 Å². The van der Waals surface area contributed by atoms with Crippen LogP contribution in [-0.2, 0) is 16.0 Å². The van der Waals surface area contributed by atoms with Crippen molar-refractivity contribution in [1.82, 2.24) is 4.90 Å². The highest BCUT2D eigenvalue weighted by molar-refractivity contribution is 5.89. The Balaban J connectivity index is 0.000000414. The number of nitrogens with zero attached hydrogens (tertiary/aromatic N) is 3. The molecule has 0 amide bonds. The number of anilines is 1. The second kappa shape index (κ2) is 13.0. The number of benzene rings is 2. The Labute approximate surface area is 192 Å². The van der Waals surface area contributed by atoms with Crippen molar-refractivity contribution in [3.8, 4) is 0 Å². The van der Waals surface area contributed by atoms with E-state index in [2.05, 4.69) is 47.2 Å². The molecule has 0 aromatic heterocycles. The van der Waals surface area contributed by atoms with Crippen LogP contribution in [0.5, 0.6) is 0 Å². The first-order valence-electron chi connectivity index (χ1n) is 10.6. The van der Waals surface area contributed by atoms with Gasteiger partial charge in [-0.05, 0) is 44.0 Å². The van der Waals surface area contributed by atoms with Crippen molar-refractivity contribution in [2.45, 2.75) is 25.3 Å².